The van der Waals surface area contributed by atoms with Gasteiger partial charge in [-0.3, -0.25) is 0 Å². The third-order valence-corrected chi connectivity index (χ3v) is 11.2. The van der Waals surface area contributed by atoms with Crippen molar-refractivity contribution in [1.82, 2.24) is 0 Å². The van der Waals surface area contributed by atoms with Gasteiger partial charge in [0.15, 0.2) is 0 Å². The lowest BCUT2D eigenvalue weighted by Gasteiger charge is -2.35. The number of hydrogen-bond acceptors (Lipinski definition) is 2. The molecule has 0 aromatic heterocycles. The second-order valence-corrected chi connectivity index (χ2v) is 14.5. The van der Waals surface area contributed by atoms with E-state index in [0.717, 1.165) is 18.3 Å². The molecular weight excluding hydrogens is 371 g/mol. The summed E-state index contributed by atoms with van der Waals surface area (Å²) in [6.07, 6.45) is 2.09. The first-order chi connectivity index (χ1) is 13.5. The van der Waals surface area contributed by atoms with Crippen LogP contribution >= 0.6 is 0 Å². The topological polar surface area (TPSA) is 18.5 Å². The summed E-state index contributed by atoms with van der Waals surface area (Å²) in [5.74, 6) is 0. The smallest absolute Gasteiger partial charge is 0.400 e. The van der Waals surface area contributed by atoms with E-state index in [2.05, 4.69) is 108 Å². The third kappa shape index (κ3) is 4.60. The molecule has 1 aliphatic rings. The minimum Gasteiger partial charge on any atom is -0.400 e. The van der Waals surface area contributed by atoms with Gasteiger partial charge in [0.05, 0.1) is 19.3 Å². The Kier molecular flexibility index (Phi) is 6.28. The van der Waals surface area contributed by atoms with Crippen LogP contribution in [0, 0.1) is 0 Å². The van der Waals surface area contributed by atoms with Crippen LogP contribution in [0.15, 0.2) is 72.7 Å². The fourth-order valence-corrected chi connectivity index (χ4v) is 7.58. The largest absolute Gasteiger partial charge is 0.489 e. The number of allylic oxidation sites excluding steroid dienone is 1. The van der Waals surface area contributed by atoms with E-state index in [9.17, 15) is 0 Å². The average molecular weight is 406 g/mol. The molecule has 0 radical (unpaired) electrons. The third-order valence-electron chi connectivity index (χ3n) is 6.96. The van der Waals surface area contributed by atoms with E-state index in [0.29, 0.717) is 5.54 Å². The molecule has 3 rings (SSSR count). The lowest BCUT2D eigenvalue weighted by atomic mass is 9.76. The van der Waals surface area contributed by atoms with Crippen LogP contribution in [0.25, 0.3) is 0 Å². The Bertz CT molecular complexity index is 814. The highest BCUT2D eigenvalue weighted by atomic mass is 28.3. The Morgan fingerprint density at radius 1 is 0.897 bits per heavy atom. The van der Waals surface area contributed by atoms with E-state index in [1.165, 1.54) is 10.8 Å². The molecule has 0 N–H and O–H groups in total. The predicted molar refractivity (Wildman–Crippen MR) is 127 cm³/mol. The number of benzene rings is 2. The standard InChI is InChI=1S/C25H35BO2Si/c1-20(26-27-24(2,3)25(4,5)28-26)23(19-18-21-14-10-8-11-15-21)29(6,7)22-16-12-9-13-17-22/h8-17,23H,1,18-19H2,2-7H3. The molecule has 1 unspecified atom stereocenters. The molecule has 29 heavy (non-hydrogen) atoms. The highest BCUT2D eigenvalue weighted by molar-refractivity contribution is 6.92. The van der Waals surface area contributed by atoms with E-state index < -0.39 is 8.07 Å². The fourth-order valence-electron chi connectivity index (χ4n) is 4.19. The van der Waals surface area contributed by atoms with E-state index >= 15 is 0 Å². The molecule has 2 nitrogen and oxygen atoms in total. The Balaban J connectivity index is 1.89. The number of hydrogen-bond donors (Lipinski definition) is 0. The van der Waals surface area contributed by atoms with Crippen molar-refractivity contribution in [2.45, 2.75) is 70.4 Å². The van der Waals surface area contributed by atoms with Gasteiger partial charge >= 0.3 is 7.12 Å². The summed E-state index contributed by atoms with van der Waals surface area (Å²) in [5.41, 5.74) is 2.14. The van der Waals surface area contributed by atoms with Gasteiger partial charge in [0.1, 0.15) is 0 Å². The van der Waals surface area contributed by atoms with Crippen molar-refractivity contribution in [3.63, 3.8) is 0 Å². The average Bonchev–Trinajstić information content (AvgIpc) is 2.90. The Labute approximate surface area is 178 Å². The molecule has 0 saturated carbocycles. The van der Waals surface area contributed by atoms with Crippen LogP contribution in [0.2, 0.25) is 18.6 Å². The normalized spacial score (nSPS) is 19.2. The van der Waals surface area contributed by atoms with E-state index in [1.54, 1.807) is 0 Å². The van der Waals surface area contributed by atoms with Gasteiger partial charge in [0, 0.05) is 0 Å². The summed E-state index contributed by atoms with van der Waals surface area (Å²) in [6.45, 7) is 17.9. The minimum absolute atomic E-state index is 0.344. The molecule has 2 aromatic carbocycles. The van der Waals surface area contributed by atoms with Crippen molar-refractivity contribution in [2.75, 3.05) is 0 Å². The number of aryl methyl sites for hydroxylation is 1. The zero-order chi connectivity index (χ0) is 21.3. The predicted octanol–water partition coefficient (Wildman–Crippen LogP) is 5.79. The van der Waals surface area contributed by atoms with E-state index in [-0.39, 0.29) is 18.3 Å². The molecule has 1 fully saturated rings. The maximum Gasteiger partial charge on any atom is 0.489 e. The quantitative estimate of drug-likeness (QED) is 0.542. The van der Waals surface area contributed by atoms with Crippen molar-refractivity contribution in [3.8, 4) is 0 Å². The maximum absolute atomic E-state index is 6.39. The molecule has 0 spiro atoms. The number of rotatable bonds is 7. The molecule has 4 heteroatoms. The molecule has 0 aliphatic carbocycles. The second kappa shape index (κ2) is 8.25. The monoisotopic (exact) mass is 406 g/mol. The Morgan fingerprint density at radius 2 is 1.38 bits per heavy atom. The first-order valence-corrected chi connectivity index (χ1v) is 13.8. The van der Waals surface area contributed by atoms with Gasteiger partial charge in [0.25, 0.3) is 0 Å². The zero-order valence-corrected chi connectivity index (χ0v) is 19.9. The van der Waals surface area contributed by atoms with Crippen LogP contribution in [-0.4, -0.2) is 26.4 Å². The van der Waals surface area contributed by atoms with Crippen LogP contribution in [0.5, 0.6) is 0 Å². The highest BCUT2D eigenvalue weighted by Gasteiger charge is 2.54. The summed E-state index contributed by atoms with van der Waals surface area (Å²) in [7, 11) is -2.20. The van der Waals surface area contributed by atoms with Crippen molar-refractivity contribution >= 4 is 20.4 Å². The Hall–Kier alpha value is -1.62. The summed E-state index contributed by atoms with van der Waals surface area (Å²) in [4.78, 5) is 0. The van der Waals surface area contributed by atoms with E-state index in [1.807, 2.05) is 0 Å². The zero-order valence-electron chi connectivity index (χ0n) is 18.9. The summed E-state index contributed by atoms with van der Waals surface area (Å²) in [6, 6.07) is 21.7. The van der Waals surface area contributed by atoms with Crippen LogP contribution in [0.4, 0.5) is 0 Å². The van der Waals surface area contributed by atoms with Crippen molar-refractivity contribution in [1.29, 1.82) is 0 Å². The molecule has 1 heterocycles. The van der Waals surface area contributed by atoms with Crippen molar-refractivity contribution in [2.24, 2.45) is 0 Å². The highest BCUT2D eigenvalue weighted by Crippen LogP contribution is 2.43. The Morgan fingerprint density at radius 3 is 1.90 bits per heavy atom. The maximum atomic E-state index is 6.39. The minimum atomic E-state index is -1.85. The van der Waals surface area contributed by atoms with Crippen molar-refractivity contribution < 1.29 is 9.31 Å². The van der Waals surface area contributed by atoms with Gasteiger partial charge in [0.2, 0.25) is 0 Å². The van der Waals surface area contributed by atoms with Crippen LogP contribution in [-0.2, 0) is 15.7 Å². The lowest BCUT2D eigenvalue weighted by molar-refractivity contribution is 0.00578. The van der Waals surface area contributed by atoms with Crippen LogP contribution in [0.3, 0.4) is 0 Å². The fraction of sp³-hybridized carbons (Fsp3) is 0.440. The van der Waals surface area contributed by atoms with Crippen LogP contribution < -0.4 is 5.19 Å². The van der Waals surface area contributed by atoms with Gasteiger partial charge in [-0.25, -0.2) is 0 Å². The van der Waals surface area contributed by atoms with Crippen LogP contribution in [0.1, 0.15) is 39.7 Å². The SMILES string of the molecule is C=C(B1OC(C)(C)C(C)(C)O1)C(CCc1ccccc1)[Si](C)(C)c1ccccc1. The molecule has 0 amide bonds. The first-order valence-electron chi connectivity index (χ1n) is 10.7. The van der Waals surface area contributed by atoms with Gasteiger partial charge in [-0.05, 0) is 57.1 Å². The van der Waals surface area contributed by atoms with Gasteiger partial charge < -0.3 is 9.31 Å². The molecule has 2 aromatic rings. The molecule has 0 bridgehead atoms. The molecular formula is C25H35BO2Si. The summed E-state index contributed by atoms with van der Waals surface area (Å²) < 4.78 is 12.8. The summed E-state index contributed by atoms with van der Waals surface area (Å²) in [5, 5.41) is 1.45. The van der Waals surface area contributed by atoms with E-state index in [4.69, 9.17) is 9.31 Å². The summed E-state index contributed by atoms with van der Waals surface area (Å²) >= 11 is 0. The second-order valence-electron chi connectivity index (χ2n) is 9.83. The first kappa shape index (κ1) is 22.1. The molecule has 1 aliphatic heterocycles. The molecule has 1 saturated heterocycles. The van der Waals surface area contributed by atoms with Gasteiger partial charge in [-0.2, -0.15) is 0 Å². The lowest BCUT2D eigenvalue weighted by Crippen LogP contribution is -2.48. The molecule has 154 valence electrons. The van der Waals surface area contributed by atoms with Crippen molar-refractivity contribution in [3.05, 3.63) is 78.3 Å². The van der Waals surface area contributed by atoms with Gasteiger partial charge in [-0.15, -0.1) is 6.58 Å². The van der Waals surface area contributed by atoms with Gasteiger partial charge in [-0.1, -0.05) is 78.9 Å². The molecule has 1 atom stereocenters.